The molecule has 0 saturated carbocycles. The summed E-state index contributed by atoms with van der Waals surface area (Å²) in [5.41, 5.74) is -0.826. The van der Waals surface area contributed by atoms with Crippen LogP contribution >= 0.6 is 0 Å². The van der Waals surface area contributed by atoms with Crippen molar-refractivity contribution in [3.63, 3.8) is 0 Å². The van der Waals surface area contributed by atoms with E-state index >= 15 is 0 Å². The molecule has 4 N–H and O–H groups in total. The summed E-state index contributed by atoms with van der Waals surface area (Å²) in [4.78, 5) is 20.9. The maximum absolute atomic E-state index is 13.2. The van der Waals surface area contributed by atoms with Gasteiger partial charge in [0.25, 0.3) is 0 Å². The zero-order valence-electron chi connectivity index (χ0n) is 8.37. The number of carboxylic acid groups (broad SMARTS) is 2. The molecule has 92 valence electrons. The predicted octanol–water partition coefficient (Wildman–Crippen LogP) is 0.00280. The number of aliphatic hydroxyl groups excluding tert-OH is 2. The summed E-state index contributed by atoms with van der Waals surface area (Å²) in [7, 11) is 0. The molecule has 0 fully saturated rings. The van der Waals surface area contributed by atoms with Crippen molar-refractivity contribution in [1.29, 1.82) is 0 Å². The molecule has 0 bridgehead atoms. The Bertz CT molecular complexity index is 458. The molecular weight excluding hydrogens is 235 g/mol. The van der Waals surface area contributed by atoms with Crippen LogP contribution in [0.25, 0.3) is 0 Å². The third kappa shape index (κ3) is 2.77. The molecular formula is C10H9FO6. The maximum Gasteiger partial charge on any atom is 0.338 e. The van der Waals surface area contributed by atoms with Crippen molar-refractivity contribution in [3.05, 3.63) is 35.1 Å². The second-order valence-corrected chi connectivity index (χ2v) is 3.27. The van der Waals surface area contributed by atoms with Gasteiger partial charge in [0.05, 0.1) is 5.56 Å². The molecule has 0 aliphatic rings. The lowest BCUT2D eigenvalue weighted by Crippen LogP contribution is -2.27. The fraction of sp³-hybridized carbons (Fsp3) is 0.200. The molecule has 1 rings (SSSR count). The van der Waals surface area contributed by atoms with Crippen LogP contribution in [0.15, 0.2) is 18.2 Å². The van der Waals surface area contributed by atoms with Crippen molar-refractivity contribution in [2.24, 2.45) is 0 Å². The fourth-order valence-electron chi connectivity index (χ4n) is 1.21. The highest BCUT2D eigenvalue weighted by atomic mass is 19.1. The van der Waals surface area contributed by atoms with Gasteiger partial charge in [-0.2, -0.15) is 0 Å². The van der Waals surface area contributed by atoms with Gasteiger partial charge in [-0.05, 0) is 17.7 Å². The molecule has 0 radical (unpaired) electrons. The number of aliphatic hydroxyl groups is 2. The second-order valence-electron chi connectivity index (χ2n) is 3.27. The Morgan fingerprint density at radius 2 is 1.76 bits per heavy atom. The number of hydrogen-bond donors (Lipinski definition) is 4. The third-order valence-electron chi connectivity index (χ3n) is 2.12. The van der Waals surface area contributed by atoms with Crippen LogP contribution in [0.5, 0.6) is 0 Å². The van der Waals surface area contributed by atoms with Crippen LogP contribution in [0.1, 0.15) is 22.0 Å². The molecule has 0 aliphatic heterocycles. The second kappa shape index (κ2) is 4.89. The van der Waals surface area contributed by atoms with E-state index in [0.717, 1.165) is 12.1 Å². The molecule has 17 heavy (non-hydrogen) atoms. The summed E-state index contributed by atoms with van der Waals surface area (Å²) in [5.74, 6) is -4.27. The maximum atomic E-state index is 13.2. The van der Waals surface area contributed by atoms with E-state index in [1.54, 1.807) is 0 Å². The van der Waals surface area contributed by atoms with Gasteiger partial charge in [-0.25, -0.2) is 14.0 Å². The van der Waals surface area contributed by atoms with E-state index in [9.17, 15) is 19.1 Å². The Morgan fingerprint density at radius 3 is 2.18 bits per heavy atom. The van der Waals surface area contributed by atoms with Crippen molar-refractivity contribution in [2.75, 3.05) is 0 Å². The Labute approximate surface area is 94.6 Å². The van der Waals surface area contributed by atoms with Gasteiger partial charge in [0.2, 0.25) is 0 Å². The topological polar surface area (TPSA) is 115 Å². The third-order valence-corrected chi connectivity index (χ3v) is 2.12. The van der Waals surface area contributed by atoms with Gasteiger partial charge in [-0.3, -0.25) is 0 Å². The highest BCUT2D eigenvalue weighted by Gasteiger charge is 2.26. The molecule has 7 heteroatoms. The van der Waals surface area contributed by atoms with Crippen molar-refractivity contribution >= 4 is 11.9 Å². The molecule has 2 atom stereocenters. The zero-order chi connectivity index (χ0) is 13.2. The number of aliphatic carboxylic acids is 1. The lowest BCUT2D eigenvalue weighted by molar-refractivity contribution is -0.153. The molecule has 6 nitrogen and oxygen atoms in total. The average Bonchev–Trinajstić information content (AvgIpc) is 2.26. The minimum Gasteiger partial charge on any atom is -0.479 e. The fourth-order valence-corrected chi connectivity index (χ4v) is 1.21. The van der Waals surface area contributed by atoms with Gasteiger partial charge < -0.3 is 20.4 Å². The first-order valence-corrected chi connectivity index (χ1v) is 4.46. The lowest BCUT2D eigenvalue weighted by atomic mass is 10.0. The van der Waals surface area contributed by atoms with Crippen molar-refractivity contribution in [3.8, 4) is 0 Å². The van der Waals surface area contributed by atoms with Gasteiger partial charge in [-0.1, -0.05) is 6.07 Å². The van der Waals surface area contributed by atoms with Crippen LogP contribution in [-0.2, 0) is 4.79 Å². The van der Waals surface area contributed by atoms with E-state index in [1.807, 2.05) is 0 Å². The van der Waals surface area contributed by atoms with E-state index < -0.39 is 35.5 Å². The molecule has 1 aromatic carbocycles. The Morgan fingerprint density at radius 1 is 1.18 bits per heavy atom. The molecule has 1 aromatic rings. The van der Waals surface area contributed by atoms with Crippen molar-refractivity contribution in [2.45, 2.75) is 12.2 Å². The van der Waals surface area contributed by atoms with Crippen LogP contribution in [0.3, 0.4) is 0 Å². The monoisotopic (exact) mass is 244 g/mol. The Hall–Kier alpha value is -1.99. The van der Waals surface area contributed by atoms with Crippen molar-refractivity contribution in [1.82, 2.24) is 0 Å². The van der Waals surface area contributed by atoms with Crippen LogP contribution in [0.2, 0.25) is 0 Å². The summed E-state index contributed by atoms with van der Waals surface area (Å²) >= 11 is 0. The first-order valence-electron chi connectivity index (χ1n) is 4.46. The Balaban J connectivity index is 3.05. The first kappa shape index (κ1) is 13.1. The van der Waals surface area contributed by atoms with E-state index in [0.29, 0.717) is 6.07 Å². The SMILES string of the molecule is O=C(O)c1ccc(C(O)C(O)C(=O)O)cc1F. The van der Waals surface area contributed by atoms with Gasteiger partial charge in [0.15, 0.2) is 6.10 Å². The van der Waals surface area contributed by atoms with E-state index in [2.05, 4.69) is 0 Å². The number of benzene rings is 1. The number of aromatic carboxylic acids is 1. The van der Waals surface area contributed by atoms with Crippen LogP contribution < -0.4 is 0 Å². The number of hydrogen-bond acceptors (Lipinski definition) is 4. The summed E-state index contributed by atoms with van der Waals surface area (Å²) < 4.78 is 13.2. The Kier molecular flexibility index (Phi) is 3.77. The number of halogens is 1. The summed E-state index contributed by atoms with van der Waals surface area (Å²) in [6, 6.07) is 2.58. The molecule has 0 amide bonds. The zero-order valence-corrected chi connectivity index (χ0v) is 8.37. The molecule has 0 aromatic heterocycles. The number of rotatable bonds is 4. The minimum absolute atomic E-state index is 0.220. The van der Waals surface area contributed by atoms with Crippen molar-refractivity contribution < 1.29 is 34.4 Å². The summed E-state index contributed by atoms with van der Waals surface area (Å²) in [6.07, 6.45) is -3.94. The van der Waals surface area contributed by atoms with Gasteiger partial charge in [0, 0.05) is 0 Å². The summed E-state index contributed by atoms with van der Waals surface area (Å²) in [6.45, 7) is 0. The smallest absolute Gasteiger partial charge is 0.338 e. The van der Waals surface area contributed by atoms with Gasteiger partial charge >= 0.3 is 11.9 Å². The number of carboxylic acids is 2. The minimum atomic E-state index is -2.11. The first-order chi connectivity index (χ1) is 7.84. The molecule has 2 unspecified atom stereocenters. The van der Waals surface area contributed by atoms with Crippen LogP contribution in [-0.4, -0.2) is 38.5 Å². The molecule has 0 saturated heterocycles. The average molecular weight is 244 g/mol. The molecule has 0 spiro atoms. The summed E-state index contributed by atoms with van der Waals surface area (Å²) in [5, 5.41) is 35.4. The quantitative estimate of drug-likeness (QED) is 0.592. The van der Waals surface area contributed by atoms with Crippen LogP contribution in [0, 0.1) is 5.82 Å². The largest absolute Gasteiger partial charge is 0.479 e. The van der Waals surface area contributed by atoms with Crippen LogP contribution in [0.4, 0.5) is 4.39 Å². The predicted molar refractivity (Wildman–Crippen MR) is 52.0 cm³/mol. The number of carbonyl (C=O) groups is 2. The van der Waals surface area contributed by atoms with Gasteiger partial charge in [-0.15, -0.1) is 0 Å². The highest BCUT2D eigenvalue weighted by molar-refractivity contribution is 5.88. The highest BCUT2D eigenvalue weighted by Crippen LogP contribution is 2.20. The lowest BCUT2D eigenvalue weighted by Gasteiger charge is -2.14. The standard InChI is InChI=1S/C10H9FO6/c11-6-3-4(1-2-5(6)9(14)15)7(12)8(13)10(16)17/h1-3,7-8,12-13H,(H,14,15)(H,16,17). The normalized spacial score (nSPS) is 14.1. The molecule has 0 heterocycles. The van der Waals surface area contributed by atoms with Gasteiger partial charge in [0.1, 0.15) is 11.9 Å². The van der Waals surface area contributed by atoms with E-state index in [1.165, 1.54) is 0 Å². The molecule has 0 aliphatic carbocycles. The van der Waals surface area contributed by atoms with E-state index in [-0.39, 0.29) is 5.56 Å². The van der Waals surface area contributed by atoms with E-state index in [4.69, 9.17) is 15.3 Å².